The first-order chi connectivity index (χ1) is 24.0. The molecular weight excluding hydrogens is 608 g/mol. The number of esters is 2. The van der Waals surface area contributed by atoms with Crippen LogP contribution < -0.4 is 0 Å². The minimum atomic E-state index is -0.956. The SMILES string of the molecule is CCCCCCCCCCCCCCCCCCCC(=O)OC[C@@H](O)COC(=O)CCCCCCCCCCCCCCCCCC(C)C. The highest BCUT2D eigenvalue weighted by Crippen LogP contribution is 2.16. The lowest BCUT2D eigenvalue weighted by Gasteiger charge is -2.12. The van der Waals surface area contributed by atoms with Crippen LogP contribution in [0.1, 0.15) is 245 Å². The zero-order valence-electron chi connectivity index (χ0n) is 33.4. The molecule has 0 aromatic heterocycles. The molecule has 0 saturated heterocycles. The van der Waals surface area contributed by atoms with Crippen molar-refractivity contribution in [2.45, 2.75) is 252 Å². The van der Waals surface area contributed by atoms with Crippen LogP contribution in [-0.4, -0.2) is 36.4 Å². The first-order valence-electron chi connectivity index (χ1n) is 21.9. The fourth-order valence-electron chi connectivity index (χ4n) is 6.68. The molecule has 5 heteroatoms. The minimum absolute atomic E-state index is 0.108. The molecule has 0 rings (SSSR count). The van der Waals surface area contributed by atoms with Crippen molar-refractivity contribution in [2.75, 3.05) is 13.2 Å². The number of hydrogen-bond acceptors (Lipinski definition) is 5. The van der Waals surface area contributed by atoms with Gasteiger partial charge in [-0.3, -0.25) is 9.59 Å². The van der Waals surface area contributed by atoms with Crippen LogP contribution in [0.15, 0.2) is 0 Å². The first-order valence-corrected chi connectivity index (χ1v) is 21.9. The average molecular weight is 695 g/mol. The summed E-state index contributed by atoms with van der Waals surface area (Å²) >= 11 is 0. The van der Waals surface area contributed by atoms with E-state index in [1.807, 2.05) is 0 Å². The van der Waals surface area contributed by atoms with Crippen LogP contribution >= 0.6 is 0 Å². The molecule has 0 aliphatic rings. The topological polar surface area (TPSA) is 72.8 Å². The normalized spacial score (nSPS) is 12.1. The van der Waals surface area contributed by atoms with Gasteiger partial charge in [0, 0.05) is 12.8 Å². The van der Waals surface area contributed by atoms with E-state index in [1.165, 1.54) is 186 Å². The first kappa shape index (κ1) is 47.9. The van der Waals surface area contributed by atoms with Gasteiger partial charge in [-0.15, -0.1) is 0 Å². The van der Waals surface area contributed by atoms with E-state index in [9.17, 15) is 14.7 Å². The van der Waals surface area contributed by atoms with Crippen molar-refractivity contribution >= 4 is 11.9 Å². The third-order valence-corrected chi connectivity index (χ3v) is 10.0. The third-order valence-electron chi connectivity index (χ3n) is 10.0. The highest BCUT2D eigenvalue weighted by molar-refractivity contribution is 5.69. The van der Waals surface area contributed by atoms with Crippen LogP contribution in [0.4, 0.5) is 0 Å². The maximum atomic E-state index is 12.0. The molecule has 0 aromatic carbocycles. The summed E-state index contributed by atoms with van der Waals surface area (Å²) in [7, 11) is 0. The molecule has 292 valence electrons. The summed E-state index contributed by atoms with van der Waals surface area (Å²) in [6.07, 6.45) is 43.1. The summed E-state index contributed by atoms with van der Waals surface area (Å²) in [6, 6.07) is 0. The number of carbonyl (C=O) groups excluding carboxylic acids is 2. The van der Waals surface area contributed by atoms with Gasteiger partial charge in [0.25, 0.3) is 0 Å². The number of ether oxygens (including phenoxy) is 2. The largest absolute Gasteiger partial charge is 0.463 e. The summed E-state index contributed by atoms with van der Waals surface area (Å²) in [4.78, 5) is 24.0. The van der Waals surface area contributed by atoms with E-state index in [1.54, 1.807) is 0 Å². The molecule has 0 unspecified atom stereocenters. The number of hydrogen-bond donors (Lipinski definition) is 1. The van der Waals surface area contributed by atoms with E-state index >= 15 is 0 Å². The summed E-state index contributed by atoms with van der Waals surface area (Å²) in [5.41, 5.74) is 0. The third kappa shape index (κ3) is 41.2. The zero-order valence-corrected chi connectivity index (χ0v) is 33.4. The summed E-state index contributed by atoms with van der Waals surface area (Å²) in [5.74, 6) is 0.309. The highest BCUT2D eigenvalue weighted by atomic mass is 16.6. The fraction of sp³-hybridized carbons (Fsp3) is 0.955. The molecule has 1 N–H and O–H groups in total. The molecular formula is C44H86O5. The monoisotopic (exact) mass is 695 g/mol. The molecule has 0 spiro atoms. The van der Waals surface area contributed by atoms with Crippen LogP contribution in [-0.2, 0) is 19.1 Å². The maximum Gasteiger partial charge on any atom is 0.305 e. The minimum Gasteiger partial charge on any atom is -0.463 e. The van der Waals surface area contributed by atoms with Crippen LogP contribution in [0.25, 0.3) is 0 Å². The second-order valence-electron chi connectivity index (χ2n) is 15.7. The lowest BCUT2D eigenvalue weighted by atomic mass is 10.0. The molecule has 0 amide bonds. The molecule has 0 aromatic rings. The lowest BCUT2D eigenvalue weighted by Crippen LogP contribution is -2.25. The van der Waals surface area contributed by atoms with Crippen LogP contribution in [0, 0.1) is 5.92 Å². The van der Waals surface area contributed by atoms with Crippen molar-refractivity contribution in [1.82, 2.24) is 0 Å². The van der Waals surface area contributed by atoms with Gasteiger partial charge in [-0.25, -0.2) is 0 Å². The quantitative estimate of drug-likeness (QED) is 0.0510. The second kappa shape index (κ2) is 39.7. The van der Waals surface area contributed by atoms with Gasteiger partial charge in [-0.05, 0) is 18.8 Å². The smallest absolute Gasteiger partial charge is 0.305 e. The molecule has 0 aliphatic carbocycles. The molecule has 0 aliphatic heterocycles. The van der Waals surface area contributed by atoms with Gasteiger partial charge in [-0.2, -0.15) is 0 Å². The molecule has 0 bridgehead atoms. The van der Waals surface area contributed by atoms with Gasteiger partial charge in [-0.1, -0.05) is 220 Å². The lowest BCUT2D eigenvalue weighted by molar-refractivity contribution is -0.152. The Hall–Kier alpha value is -1.10. The summed E-state index contributed by atoms with van der Waals surface area (Å²) in [5, 5.41) is 10.0. The standard InChI is InChI=1S/C44H86O5/c1-4-5-6-7-8-9-10-11-12-13-16-19-22-25-28-31-34-37-43(46)48-39-42(45)40-49-44(47)38-35-32-29-26-23-20-17-14-15-18-21-24-27-30-33-36-41(2)3/h41-42,45H,4-40H2,1-3H3/t42-/m1/s1. The Balaban J connectivity index is 3.36. The van der Waals surface area contributed by atoms with Crippen molar-refractivity contribution in [2.24, 2.45) is 5.92 Å². The van der Waals surface area contributed by atoms with Gasteiger partial charge in [0.15, 0.2) is 0 Å². The number of aliphatic hydroxyl groups excluding tert-OH is 1. The molecule has 5 nitrogen and oxygen atoms in total. The predicted molar refractivity (Wildman–Crippen MR) is 210 cm³/mol. The van der Waals surface area contributed by atoms with Crippen molar-refractivity contribution in [3.05, 3.63) is 0 Å². The average Bonchev–Trinajstić information content (AvgIpc) is 3.08. The number of unbranched alkanes of at least 4 members (excludes halogenated alkanes) is 30. The van der Waals surface area contributed by atoms with Crippen LogP contribution in [0.2, 0.25) is 0 Å². The van der Waals surface area contributed by atoms with Crippen LogP contribution in [0.3, 0.4) is 0 Å². The molecule has 0 heterocycles. The molecule has 0 radical (unpaired) electrons. The second-order valence-corrected chi connectivity index (χ2v) is 15.7. The van der Waals surface area contributed by atoms with Gasteiger partial charge in [0.2, 0.25) is 0 Å². The Morgan fingerprint density at radius 1 is 0.408 bits per heavy atom. The highest BCUT2D eigenvalue weighted by Gasteiger charge is 2.12. The summed E-state index contributed by atoms with van der Waals surface area (Å²) < 4.78 is 10.4. The van der Waals surface area contributed by atoms with Gasteiger partial charge >= 0.3 is 11.9 Å². The molecule has 0 fully saturated rings. The van der Waals surface area contributed by atoms with Gasteiger partial charge < -0.3 is 14.6 Å². The van der Waals surface area contributed by atoms with Crippen molar-refractivity contribution in [1.29, 1.82) is 0 Å². The van der Waals surface area contributed by atoms with E-state index in [0.29, 0.717) is 12.8 Å². The van der Waals surface area contributed by atoms with Gasteiger partial charge in [0.05, 0.1) is 0 Å². The van der Waals surface area contributed by atoms with E-state index in [0.717, 1.165) is 31.6 Å². The van der Waals surface area contributed by atoms with E-state index in [2.05, 4.69) is 20.8 Å². The number of aliphatic hydroxyl groups is 1. The number of rotatable bonds is 40. The Bertz CT molecular complexity index is 678. The van der Waals surface area contributed by atoms with E-state index < -0.39 is 6.10 Å². The Kier molecular flexibility index (Phi) is 38.8. The Labute approximate surface area is 306 Å². The number of carbonyl (C=O) groups is 2. The molecule has 49 heavy (non-hydrogen) atoms. The van der Waals surface area contributed by atoms with E-state index in [4.69, 9.17) is 9.47 Å². The zero-order chi connectivity index (χ0) is 35.9. The Morgan fingerprint density at radius 2 is 0.653 bits per heavy atom. The maximum absolute atomic E-state index is 12.0. The van der Waals surface area contributed by atoms with Crippen LogP contribution in [0.5, 0.6) is 0 Å². The molecule has 1 atom stereocenters. The van der Waals surface area contributed by atoms with Crippen molar-refractivity contribution in [3.63, 3.8) is 0 Å². The van der Waals surface area contributed by atoms with Crippen molar-refractivity contribution in [3.8, 4) is 0 Å². The van der Waals surface area contributed by atoms with Gasteiger partial charge in [0.1, 0.15) is 19.3 Å². The summed E-state index contributed by atoms with van der Waals surface area (Å²) in [6.45, 7) is 6.70. The van der Waals surface area contributed by atoms with Crippen molar-refractivity contribution < 1.29 is 24.2 Å². The predicted octanol–water partition coefficient (Wildman–Crippen LogP) is 13.8. The van der Waals surface area contributed by atoms with E-state index in [-0.39, 0.29) is 25.2 Å². The fourth-order valence-corrected chi connectivity index (χ4v) is 6.68. The Morgan fingerprint density at radius 3 is 0.918 bits per heavy atom. The molecule has 0 saturated carbocycles.